The molecule has 3 nitrogen and oxygen atoms in total. The Morgan fingerprint density at radius 2 is 2.15 bits per heavy atom. The molecular formula is C15H16ClFN2O. The van der Waals surface area contributed by atoms with Crippen molar-refractivity contribution in [3.8, 4) is 11.5 Å². The summed E-state index contributed by atoms with van der Waals surface area (Å²) in [6.45, 7) is 4.81. The van der Waals surface area contributed by atoms with E-state index < -0.39 is 5.82 Å². The van der Waals surface area contributed by atoms with Gasteiger partial charge in [-0.15, -0.1) is 0 Å². The Bertz CT molecular complexity index is 590. The molecule has 5 heteroatoms. The normalized spacial score (nSPS) is 10.8. The first-order valence-corrected chi connectivity index (χ1v) is 6.73. The van der Waals surface area contributed by atoms with Gasteiger partial charge in [0.15, 0.2) is 0 Å². The van der Waals surface area contributed by atoms with Gasteiger partial charge in [0.1, 0.15) is 17.3 Å². The van der Waals surface area contributed by atoms with Crippen molar-refractivity contribution in [2.24, 2.45) is 0 Å². The second-order valence-corrected chi connectivity index (χ2v) is 5.10. The van der Waals surface area contributed by atoms with Crippen LogP contribution in [0.1, 0.15) is 19.4 Å². The number of benzene rings is 1. The number of ether oxygens (including phenoxy) is 1. The molecule has 0 saturated heterocycles. The predicted molar refractivity (Wildman–Crippen MR) is 77.7 cm³/mol. The number of hydrogen-bond acceptors (Lipinski definition) is 3. The molecule has 1 N–H and O–H groups in total. The second-order valence-electron chi connectivity index (χ2n) is 4.70. The van der Waals surface area contributed by atoms with E-state index in [0.29, 0.717) is 24.1 Å². The topological polar surface area (TPSA) is 34.2 Å². The van der Waals surface area contributed by atoms with Crippen molar-refractivity contribution in [3.63, 3.8) is 0 Å². The van der Waals surface area contributed by atoms with Gasteiger partial charge in [-0.25, -0.2) is 4.39 Å². The van der Waals surface area contributed by atoms with Crippen LogP contribution in [-0.4, -0.2) is 11.0 Å². The van der Waals surface area contributed by atoms with Crippen LogP contribution in [0.25, 0.3) is 0 Å². The highest BCUT2D eigenvalue weighted by molar-refractivity contribution is 6.30. The van der Waals surface area contributed by atoms with Crippen LogP contribution in [-0.2, 0) is 6.54 Å². The molecule has 2 rings (SSSR count). The van der Waals surface area contributed by atoms with Gasteiger partial charge in [0, 0.05) is 30.4 Å². The van der Waals surface area contributed by atoms with Crippen molar-refractivity contribution in [2.75, 3.05) is 0 Å². The fourth-order valence-electron chi connectivity index (χ4n) is 1.63. The van der Waals surface area contributed by atoms with Crippen LogP contribution >= 0.6 is 11.6 Å². The third kappa shape index (κ3) is 3.92. The average Bonchev–Trinajstić information content (AvgIpc) is 2.42. The van der Waals surface area contributed by atoms with Crippen LogP contribution in [0.4, 0.5) is 4.39 Å². The van der Waals surface area contributed by atoms with E-state index in [4.69, 9.17) is 16.3 Å². The Labute approximate surface area is 122 Å². The summed E-state index contributed by atoms with van der Waals surface area (Å²) in [7, 11) is 0. The van der Waals surface area contributed by atoms with E-state index in [9.17, 15) is 4.39 Å². The van der Waals surface area contributed by atoms with Crippen LogP contribution in [0, 0.1) is 5.82 Å². The highest BCUT2D eigenvalue weighted by atomic mass is 35.5. The molecule has 0 spiro atoms. The van der Waals surface area contributed by atoms with E-state index in [2.05, 4.69) is 24.1 Å². The molecule has 0 fully saturated rings. The minimum Gasteiger partial charge on any atom is -0.455 e. The van der Waals surface area contributed by atoms with Crippen LogP contribution in [0.5, 0.6) is 11.5 Å². The molecule has 0 aliphatic carbocycles. The SMILES string of the molecule is CC(C)NCc1ccncc1Oc1ccc(F)c(Cl)c1. The van der Waals surface area contributed by atoms with Crippen LogP contribution in [0.15, 0.2) is 36.7 Å². The first-order chi connectivity index (χ1) is 9.56. The zero-order valence-corrected chi connectivity index (χ0v) is 12.1. The monoisotopic (exact) mass is 294 g/mol. The maximum absolute atomic E-state index is 13.1. The van der Waals surface area contributed by atoms with E-state index in [0.717, 1.165) is 5.56 Å². The van der Waals surface area contributed by atoms with Crippen molar-refractivity contribution in [1.82, 2.24) is 10.3 Å². The number of nitrogens with zero attached hydrogens (tertiary/aromatic N) is 1. The molecule has 0 aliphatic rings. The van der Waals surface area contributed by atoms with E-state index in [-0.39, 0.29) is 5.02 Å². The third-order valence-corrected chi connectivity index (χ3v) is 2.98. The number of nitrogens with one attached hydrogen (secondary N) is 1. The Morgan fingerprint density at radius 1 is 1.35 bits per heavy atom. The number of rotatable bonds is 5. The molecule has 0 atom stereocenters. The molecule has 106 valence electrons. The third-order valence-electron chi connectivity index (χ3n) is 2.69. The molecular weight excluding hydrogens is 279 g/mol. The zero-order valence-electron chi connectivity index (χ0n) is 11.4. The second kappa shape index (κ2) is 6.68. The summed E-state index contributed by atoms with van der Waals surface area (Å²) >= 11 is 5.74. The van der Waals surface area contributed by atoms with Gasteiger partial charge in [0.05, 0.1) is 11.2 Å². The minimum absolute atomic E-state index is 0.0354. The molecule has 0 bridgehead atoms. The van der Waals surface area contributed by atoms with E-state index in [1.807, 2.05) is 6.07 Å². The van der Waals surface area contributed by atoms with Crippen LogP contribution < -0.4 is 10.1 Å². The maximum Gasteiger partial charge on any atom is 0.150 e. The highest BCUT2D eigenvalue weighted by Crippen LogP contribution is 2.27. The summed E-state index contributed by atoms with van der Waals surface area (Å²) in [6.07, 6.45) is 3.34. The van der Waals surface area contributed by atoms with Crippen LogP contribution in [0.3, 0.4) is 0 Å². The number of aromatic nitrogens is 1. The summed E-state index contributed by atoms with van der Waals surface area (Å²) in [5, 5.41) is 3.35. The lowest BCUT2D eigenvalue weighted by molar-refractivity contribution is 0.465. The number of hydrogen-bond donors (Lipinski definition) is 1. The first-order valence-electron chi connectivity index (χ1n) is 6.35. The van der Waals surface area contributed by atoms with E-state index in [1.54, 1.807) is 12.4 Å². The summed E-state index contributed by atoms with van der Waals surface area (Å²) in [4.78, 5) is 4.05. The standard InChI is InChI=1S/C15H16ClFN2O/c1-10(2)19-8-11-5-6-18-9-15(11)20-12-3-4-14(17)13(16)7-12/h3-7,9-10,19H,8H2,1-2H3. The van der Waals surface area contributed by atoms with E-state index in [1.165, 1.54) is 18.2 Å². The average molecular weight is 295 g/mol. The smallest absolute Gasteiger partial charge is 0.150 e. The van der Waals surface area contributed by atoms with Crippen molar-refractivity contribution in [1.29, 1.82) is 0 Å². The Kier molecular flexibility index (Phi) is 4.93. The predicted octanol–water partition coefficient (Wildman–Crippen LogP) is 4.16. The maximum atomic E-state index is 13.1. The summed E-state index contributed by atoms with van der Waals surface area (Å²) < 4.78 is 18.8. The molecule has 0 unspecified atom stereocenters. The van der Waals surface area contributed by atoms with Gasteiger partial charge in [-0.1, -0.05) is 25.4 Å². The van der Waals surface area contributed by atoms with E-state index >= 15 is 0 Å². The summed E-state index contributed by atoms with van der Waals surface area (Å²) in [5.74, 6) is 0.644. The molecule has 0 radical (unpaired) electrons. The number of pyridine rings is 1. The first kappa shape index (κ1) is 14.8. The van der Waals surface area contributed by atoms with Crippen molar-refractivity contribution >= 4 is 11.6 Å². The lowest BCUT2D eigenvalue weighted by Crippen LogP contribution is -2.22. The Morgan fingerprint density at radius 3 is 2.85 bits per heavy atom. The van der Waals surface area contributed by atoms with Crippen molar-refractivity contribution in [2.45, 2.75) is 26.4 Å². The van der Waals surface area contributed by atoms with Gasteiger partial charge in [0.2, 0.25) is 0 Å². The fourth-order valence-corrected chi connectivity index (χ4v) is 1.80. The lowest BCUT2D eigenvalue weighted by Gasteiger charge is -2.13. The summed E-state index contributed by atoms with van der Waals surface area (Å²) in [6, 6.07) is 6.52. The molecule has 20 heavy (non-hydrogen) atoms. The van der Waals surface area contributed by atoms with Crippen molar-refractivity contribution in [3.05, 3.63) is 53.1 Å². The quantitative estimate of drug-likeness (QED) is 0.899. The van der Waals surface area contributed by atoms with Gasteiger partial charge >= 0.3 is 0 Å². The molecule has 1 aromatic carbocycles. The minimum atomic E-state index is -0.466. The largest absolute Gasteiger partial charge is 0.455 e. The molecule has 0 amide bonds. The Balaban J connectivity index is 2.17. The number of halogens is 2. The fraction of sp³-hybridized carbons (Fsp3) is 0.267. The lowest BCUT2D eigenvalue weighted by atomic mass is 10.2. The zero-order chi connectivity index (χ0) is 14.5. The van der Waals surface area contributed by atoms with Gasteiger partial charge in [-0.05, 0) is 18.2 Å². The van der Waals surface area contributed by atoms with Crippen molar-refractivity contribution < 1.29 is 9.13 Å². The van der Waals surface area contributed by atoms with Gasteiger partial charge < -0.3 is 10.1 Å². The molecule has 1 heterocycles. The molecule has 0 aliphatic heterocycles. The van der Waals surface area contributed by atoms with Gasteiger partial charge in [-0.2, -0.15) is 0 Å². The molecule has 1 aromatic heterocycles. The summed E-state index contributed by atoms with van der Waals surface area (Å²) in [5.41, 5.74) is 0.981. The Hall–Kier alpha value is -1.65. The van der Waals surface area contributed by atoms with Gasteiger partial charge in [-0.3, -0.25) is 4.98 Å². The highest BCUT2D eigenvalue weighted by Gasteiger charge is 2.07. The van der Waals surface area contributed by atoms with Crippen LogP contribution in [0.2, 0.25) is 5.02 Å². The molecule has 2 aromatic rings. The molecule has 0 saturated carbocycles. The van der Waals surface area contributed by atoms with Gasteiger partial charge in [0.25, 0.3) is 0 Å².